The molecular weight excluding hydrogens is 252 g/mol. The maximum atomic E-state index is 12.3. The number of alkyl halides is 2. The summed E-state index contributed by atoms with van der Waals surface area (Å²) in [6.45, 7) is -0.675. The summed E-state index contributed by atoms with van der Waals surface area (Å²) in [5.74, 6) is 4.97. The van der Waals surface area contributed by atoms with E-state index >= 15 is 0 Å². The number of nitrogens with zero attached hydrogens (tertiary/aromatic N) is 1. The van der Waals surface area contributed by atoms with Gasteiger partial charge in [-0.2, -0.15) is 0 Å². The van der Waals surface area contributed by atoms with Crippen LogP contribution in [0.3, 0.4) is 0 Å². The maximum absolute atomic E-state index is 12.3. The van der Waals surface area contributed by atoms with Crippen LogP contribution >= 0.6 is 0 Å². The minimum Gasteiger partial charge on any atom is -0.395 e. The Balaban J connectivity index is 2.94. The molecule has 1 aromatic carbocycles. The van der Waals surface area contributed by atoms with Crippen molar-refractivity contribution in [3.8, 4) is 11.8 Å². The van der Waals surface area contributed by atoms with Crippen LogP contribution in [0.1, 0.15) is 22.3 Å². The van der Waals surface area contributed by atoms with E-state index in [1.165, 1.54) is 7.05 Å². The number of hydrogen-bond donors (Lipinski definition) is 1. The second kappa shape index (κ2) is 7.49. The van der Waals surface area contributed by atoms with E-state index in [9.17, 15) is 13.6 Å². The fraction of sp³-hybridized carbons (Fsp3) is 0.357. The number of aliphatic hydroxyl groups is 1. The van der Waals surface area contributed by atoms with Crippen LogP contribution in [0, 0.1) is 11.8 Å². The van der Waals surface area contributed by atoms with Gasteiger partial charge in [-0.25, -0.2) is 8.78 Å². The zero-order valence-corrected chi connectivity index (χ0v) is 10.6. The molecule has 5 heteroatoms. The van der Waals surface area contributed by atoms with E-state index in [1.54, 1.807) is 24.3 Å². The van der Waals surface area contributed by atoms with E-state index in [-0.39, 0.29) is 12.2 Å². The number of aliphatic hydroxyl groups excluding tert-OH is 1. The van der Waals surface area contributed by atoms with E-state index in [0.29, 0.717) is 12.0 Å². The second-order valence-corrected chi connectivity index (χ2v) is 3.90. The molecule has 0 bridgehead atoms. The molecule has 0 aliphatic heterocycles. The van der Waals surface area contributed by atoms with Crippen molar-refractivity contribution < 1.29 is 18.7 Å². The first kappa shape index (κ1) is 15.1. The highest BCUT2D eigenvalue weighted by Gasteiger charge is 2.17. The van der Waals surface area contributed by atoms with Gasteiger partial charge in [-0.3, -0.25) is 4.79 Å². The molecule has 0 heterocycles. The summed E-state index contributed by atoms with van der Waals surface area (Å²) in [6, 6.07) is 6.56. The van der Waals surface area contributed by atoms with Crippen molar-refractivity contribution in [2.75, 3.05) is 20.2 Å². The number of carbonyl (C=O) groups is 1. The molecule has 1 N–H and O–H groups in total. The van der Waals surface area contributed by atoms with E-state index in [4.69, 9.17) is 5.11 Å². The second-order valence-electron chi connectivity index (χ2n) is 3.90. The van der Waals surface area contributed by atoms with Crippen LogP contribution in [0.5, 0.6) is 0 Å². The normalized spacial score (nSPS) is 9.95. The summed E-state index contributed by atoms with van der Waals surface area (Å²) in [6.07, 6.45) is -2.27. The minimum absolute atomic E-state index is 0.0611. The Morgan fingerprint density at radius 2 is 2.11 bits per heavy atom. The third-order valence-corrected chi connectivity index (χ3v) is 2.38. The van der Waals surface area contributed by atoms with Crippen molar-refractivity contribution in [1.82, 2.24) is 4.90 Å². The molecule has 0 aromatic heterocycles. The van der Waals surface area contributed by atoms with Gasteiger partial charge in [0.25, 0.3) is 12.3 Å². The third-order valence-electron chi connectivity index (χ3n) is 2.38. The highest BCUT2D eigenvalue weighted by Crippen LogP contribution is 2.11. The Bertz CT molecular complexity index is 492. The Hall–Kier alpha value is -1.93. The molecule has 3 nitrogen and oxygen atoms in total. The molecule has 1 amide bonds. The molecule has 0 atom stereocenters. The summed E-state index contributed by atoms with van der Waals surface area (Å²) >= 11 is 0. The lowest BCUT2D eigenvalue weighted by Gasteiger charge is -2.17. The molecular formula is C14H15F2NO2. The van der Waals surface area contributed by atoms with Gasteiger partial charge in [0.2, 0.25) is 0 Å². The average molecular weight is 267 g/mol. The van der Waals surface area contributed by atoms with E-state index in [2.05, 4.69) is 11.8 Å². The molecule has 0 radical (unpaired) electrons. The highest BCUT2D eigenvalue weighted by atomic mass is 19.3. The standard InChI is InChI=1S/C14H15F2NO2/c1-17(10-13(15)16)14(19)12-8-3-2-6-11(12)7-4-5-9-18/h2-3,6,8,13,18H,5,9-10H2,1H3. The number of halogens is 2. The monoisotopic (exact) mass is 267 g/mol. The molecule has 0 saturated carbocycles. The molecule has 1 rings (SSSR count). The number of benzene rings is 1. The van der Waals surface area contributed by atoms with Crippen LogP contribution in [0.2, 0.25) is 0 Å². The Labute approximate surface area is 110 Å². The summed E-state index contributed by atoms with van der Waals surface area (Å²) in [5, 5.41) is 8.65. The molecule has 0 aliphatic carbocycles. The first-order valence-electron chi connectivity index (χ1n) is 5.78. The maximum Gasteiger partial charge on any atom is 0.255 e. The molecule has 0 aliphatic rings. The van der Waals surface area contributed by atoms with Gasteiger partial charge in [0.05, 0.1) is 18.7 Å². The smallest absolute Gasteiger partial charge is 0.255 e. The van der Waals surface area contributed by atoms with Gasteiger partial charge in [-0.1, -0.05) is 24.0 Å². The van der Waals surface area contributed by atoms with Gasteiger partial charge in [-0.05, 0) is 12.1 Å². The van der Waals surface area contributed by atoms with Crippen LogP contribution < -0.4 is 0 Å². The van der Waals surface area contributed by atoms with E-state index in [1.807, 2.05) is 0 Å². The van der Waals surface area contributed by atoms with E-state index < -0.39 is 18.9 Å². The van der Waals surface area contributed by atoms with Crippen LogP contribution in [-0.2, 0) is 0 Å². The quantitative estimate of drug-likeness (QED) is 0.844. The third kappa shape index (κ3) is 4.68. The molecule has 19 heavy (non-hydrogen) atoms. The van der Waals surface area contributed by atoms with Gasteiger partial charge in [-0.15, -0.1) is 0 Å². The largest absolute Gasteiger partial charge is 0.395 e. The predicted molar refractivity (Wildman–Crippen MR) is 68.0 cm³/mol. The van der Waals surface area contributed by atoms with Crippen molar-refractivity contribution in [1.29, 1.82) is 0 Å². The van der Waals surface area contributed by atoms with Gasteiger partial charge in [0.1, 0.15) is 0 Å². The van der Waals surface area contributed by atoms with Crippen molar-refractivity contribution in [2.24, 2.45) is 0 Å². The van der Waals surface area contributed by atoms with Crippen LogP contribution in [0.15, 0.2) is 24.3 Å². The van der Waals surface area contributed by atoms with Crippen molar-refractivity contribution >= 4 is 5.91 Å². The van der Waals surface area contributed by atoms with Gasteiger partial charge in [0, 0.05) is 19.0 Å². The number of carbonyl (C=O) groups excluding carboxylic acids is 1. The van der Waals surface area contributed by atoms with Gasteiger partial charge >= 0.3 is 0 Å². The topological polar surface area (TPSA) is 40.5 Å². The Morgan fingerprint density at radius 1 is 1.42 bits per heavy atom. The van der Waals surface area contributed by atoms with E-state index in [0.717, 1.165) is 4.90 Å². The predicted octanol–water partition coefficient (Wildman–Crippen LogP) is 1.76. The van der Waals surface area contributed by atoms with Crippen LogP contribution in [0.4, 0.5) is 8.78 Å². The zero-order chi connectivity index (χ0) is 14.3. The molecule has 0 spiro atoms. The Morgan fingerprint density at radius 3 is 2.74 bits per heavy atom. The molecule has 102 valence electrons. The fourth-order valence-corrected chi connectivity index (χ4v) is 1.49. The summed E-state index contributed by atoms with van der Waals surface area (Å²) < 4.78 is 24.5. The lowest BCUT2D eigenvalue weighted by molar-refractivity contribution is 0.0620. The lowest BCUT2D eigenvalue weighted by atomic mass is 10.1. The summed E-state index contributed by atoms with van der Waals surface area (Å²) in [5.41, 5.74) is 0.762. The van der Waals surface area contributed by atoms with Crippen molar-refractivity contribution in [2.45, 2.75) is 12.8 Å². The van der Waals surface area contributed by atoms with Crippen molar-refractivity contribution in [3.63, 3.8) is 0 Å². The number of rotatable bonds is 4. The first-order valence-corrected chi connectivity index (χ1v) is 5.78. The fourth-order valence-electron chi connectivity index (χ4n) is 1.49. The first-order chi connectivity index (χ1) is 9.06. The lowest BCUT2D eigenvalue weighted by Crippen LogP contribution is -2.31. The number of amides is 1. The molecule has 0 fully saturated rings. The van der Waals surface area contributed by atoms with Crippen LogP contribution in [0.25, 0.3) is 0 Å². The SMILES string of the molecule is CN(CC(F)F)C(=O)c1ccccc1C#CCCO. The average Bonchev–Trinajstić information content (AvgIpc) is 2.38. The zero-order valence-electron chi connectivity index (χ0n) is 10.6. The molecule has 1 aromatic rings. The summed E-state index contributed by atoms with van der Waals surface area (Å²) in [4.78, 5) is 13.0. The molecule has 0 unspecified atom stereocenters. The molecule has 0 saturated heterocycles. The van der Waals surface area contributed by atoms with Gasteiger partial charge < -0.3 is 10.0 Å². The highest BCUT2D eigenvalue weighted by molar-refractivity contribution is 5.96. The summed E-state index contributed by atoms with van der Waals surface area (Å²) in [7, 11) is 1.33. The van der Waals surface area contributed by atoms with Gasteiger partial charge in [0.15, 0.2) is 0 Å². The van der Waals surface area contributed by atoms with Crippen LogP contribution in [-0.4, -0.2) is 42.5 Å². The number of hydrogen-bond acceptors (Lipinski definition) is 2. The minimum atomic E-state index is -2.57. The Kier molecular flexibility index (Phi) is 5.97. The van der Waals surface area contributed by atoms with Crippen molar-refractivity contribution in [3.05, 3.63) is 35.4 Å².